The predicted molar refractivity (Wildman–Crippen MR) is 148 cm³/mol. The monoisotopic (exact) mass is 531 g/mol. The van der Waals surface area contributed by atoms with Crippen LogP contribution in [0.3, 0.4) is 0 Å². The van der Waals surface area contributed by atoms with Gasteiger partial charge < -0.3 is 9.64 Å². The van der Waals surface area contributed by atoms with Crippen molar-refractivity contribution in [1.29, 1.82) is 0 Å². The summed E-state index contributed by atoms with van der Waals surface area (Å²) < 4.78 is 8.21. The highest BCUT2D eigenvalue weighted by Gasteiger charge is 2.23. The highest BCUT2D eigenvalue weighted by molar-refractivity contribution is 6.31. The highest BCUT2D eigenvalue weighted by Crippen LogP contribution is 2.30. The molecule has 0 saturated carbocycles. The standard InChI is InChI=1S/C30H30ClN3O4/c1-3-28(35)32-15-13-22(14-16-32)21-7-10-25(11-8-21)34-27-18-24(31)9-12-26(27)33(30(34)37)19-20-5-4-6-23(17-20)29(36)38-2/h4-12,17-18,22H,3,13-16,19H2,1-2H3. The minimum absolute atomic E-state index is 0.190. The molecule has 1 saturated heterocycles. The van der Waals surface area contributed by atoms with Gasteiger partial charge in [-0.25, -0.2) is 9.59 Å². The van der Waals surface area contributed by atoms with E-state index >= 15 is 0 Å². The average Bonchev–Trinajstić information content (AvgIpc) is 3.22. The fourth-order valence-electron chi connectivity index (χ4n) is 5.31. The van der Waals surface area contributed by atoms with Crippen molar-refractivity contribution in [3.8, 4) is 5.69 Å². The zero-order chi connectivity index (χ0) is 26.8. The van der Waals surface area contributed by atoms with Crippen LogP contribution < -0.4 is 5.69 Å². The van der Waals surface area contributed by atoms with Crippen LogP contribution in [0, 0.1) is 0 Å². The highest BCUT2D eigenvalue weighted by atomic mass is 35.5. The van der Waals surface area contributed by atoms with Crippen LogP contribution in [0.25, 0.3) is 16.7 Å². The first kappa shape index (κ1) is 25.8. The molecular weight excluding hydrogens is 502 g/mol. The third-order valence-corrected chi connectivity index (χ3v) is 7.59. The zero-order valence-electron chi connectivity index (χ0n) is 21.5. The number of carbonyl (C=O) groups excluding carboxylic acids is 2. The molecule has 0 aliphatic carbocycles. The Morgan fingerprint density at radius 3 is 2.39 bits per heavy atom. The number of benzene rings is 3. The first-order valence-electron chi connectivity index (χ1n) is 12.9. The molecule has 0 spiro atoms. The van der Waals surface area contributed by atoms with E-state index in [2.05, 4.69) is 12.1 Å². The maximum Gasteiger partial charge on any atom is 0.337 e. The molecule has 5 rings (SSSR count). The van der Waals surface area contributed by atoms with Gasteiger partial charge in [-0.15, -0.1) is 0 Å². The first-order valence-corrected chi connectivity index (χ1v) is 13.2. The molecule has 8 heteroatoms. The van der Waals surface area contributed by atoms with Gasteiger partial charge in [0.15, 0.2) is 0 Å². The van der Waals surface area contributed by atoms with Crippen molar-refractivity contribution >= 4 is 34.5 Å². The number of hydrogen-bond acceptors (Lipinski definition) is 4. The summed E-state index contributed by atoms with van der Waals surface area (Å²) in [5.41, 5.74) is 4.49. The number of esters is 1. The van der Waals surface area contributed by atoms with Gasteiger partial charge in [-0.05, 0) is 72.4 Å². The summed E-state index contributed by atoms with van der Waals surface area (Å²) in [5.74, 6) is 0.181. The maximum absolute atomic E-state index is 13.7. The smallest absolute Gasteiger partial charge is 0.337 e. The van der Waals surface area contributed by atoms with E-state index in [0.717, 1.165) is 42.7 Å². The number of halogens is 1. The van der Waals surface area contributed by atoms with E-state index < -0.39 is 5.97 Å². The molecule has 2 heterocycles. The number of imidazole rings is 1. The Kier molecular flexibility index (Phi) is 7.38. The molecule has 0 atom stereocenters. The molecule has 1 fully saturated rings. The van der Waals surface area contributed by atoms with Gasteiger partial charge in [0.25, 0.3) is 0 Å². The van der Waals surface area contributed by atoms with Crippen molar-refractivity contribution in [3.63, 3.8) is 0 Å². The molecule has 0 bridgehead atoms. The van der Waals surface area contributed by atoms with Crippen LogP contribution >= 0.6 is 11.6 Å². The fraction of sp³-hybridized carbons (Fsp3) is 0.300. The van der Waals surface area contributed by atoms with Crippen molar-refractivity contribution in [1.82, 2.24) is 14.0 Å². The van der Waals surface area contributed by atoms with Crippen LogP contribution in [0.5, 0.6) is 0 Å². The summed E-state index contributed by atoms with van der Waals surface area (Å²) in [4.78, 5) is 39.7. The summed E-state index contributed by atoms with van der Waals surface area (Å²) in [6, 6.07) is 20.6. The van der Waals surface area contributed by atoms with Crippen LogP contribution in [-0.4, -0.2) is 46.1 Å². The summed E-state index contributed by atoms with van der Waals surface area (Å²) in [5, 5.41) is 0.543. The van der Waals surface area contributed by atoms with Gasteiger partial charge in [0, 0.05) is 24.5 Å². The molecule has 1 aliphatic rings. The van der Waals surface area contributed by atoms with E-state index in [1.54, 1.807) is 39.5 Å². The second-order valence-electron chi connectivity index (χ2n) is 9.63. The van der Waals surface area contributed by atoms with Crippen LogP contribution in [0.4, 0.5) is 0 Å². The largest absolute Gasteiger partial charge is 0.465 e. The van der Waals surface area contributed by atoms with Crippen LogP contribution in [0.2, 0.25) is 5.02 Å². The van der Waals surface area contributed by atoms with Crippen LogP contribution in [0.1, 0.15) is 53.6 Å². The van der Waals surface area contributed by atoms with Crippen molar-refractivity contribution in [2.75, 3.05) is 20.2 Å². The molecule has 7 nitrogen and oxygen atoms in total. The summed E-state index contributed by atoms with van der Waals surface area (Å²) in [7, 11) is 1.35. The minimum Gasteiger partial charge on any atom is -0.465 e. The van der Waals surface area contributed by atoms with E-state index in [0.29, 0.717) is 35.0 Å². The molecule has 3 aromatic carbocycles. The van der Waals surface area contributed by atoms with Gasteiger partial charge in [0.05, 0.1) is 35.9 Å². The van der Waals surface area contributed by atoms with Crippen LogP contribution in [-0.2, 0) is 16.1 Å². The van der Waals surface area contributed by atoms with Gasteiger partial charge >= 0.3 is 11.7 Å². The molecule has 38 heavy (non-hydrogen) atoms. The molecule has 1 aromatic heterocycles. The second kappa shape index (κ2) is 10.9. The number of likely N-dealkylation sites (tertiary alicyclic amines) is 1. The molecule has 0 radical (unpaired) electrons. The number of fused-ring (bicyclic) bond motifs is 1. The number of hydrogen-bond donors (Lipinski definition) is 0. The van der Waals surface area contributed by atoms with Gasteiger partial charge in [0.1, 0.15) is 0 Å². The normalized spacial score (nSPS) is 14.1. The quantitative estimate of drug-likeness (QED) is 0.312. The second-order valence-corrected chi connectivity index (χ2v) is 10.1. The third kappa shape index (κ3) is 4.98. The predicted octanol–water partition coefficient (Wildman–Crippen LogP) is 5.40. The number of aromatic nitrogens is 2. The molecule has 1 amide bonds. The zero-order valence-corrected chi connectivity index (χ0v) is 22.3. The van der Waals surface area contributed by atoms with Gasteiger partial charge in [0.2, 0.25) is 5.91 Å². The molecule has 196 valence electrons. The maximum atomic E-state index is 13.7. The van der Waals surface area contributed by atoms with Gasteiger partial charge in [-0.1, -0.05) is 42.8 Å². The summed E-state index contributed by atoms with van der Waals surface area (Å²) in [6.45, 7) is 3.75. The minimum atomic E-state index is -0.420. The molecule has 0 unspecified atom stereocenters. The number of ether oxygens (including phenoxy) is 1. The Morgan fingerprint density at radius 2 is 1.71 bits per heavy atom. The fourth-order valence-corrected chi connectivity index (χ4v) is 5.48. The molecule has 4 aromatic rings. The Hall–Kier alpha value is -3.84. The lowest BCUT2D eigenvalue weighted by Gasteiger charge is -2.32. The van der Waals surface area contributed by atoms with E-state index in [9.17, 15) is 14.4 Å². The Bertz CT molecular complexity index is 1550. The molecule has 0 N–H and O–H groups in total. The number of methoxy groups -OCH3 is 1. The Balaban J connectivity index is 1.46. The number of amides is 1. The van der Waals surface area contributed by atoms with E-state index in [1.165, 1.54) is 12.7 Å². The van der Waals surface area contributed by atoms with Crippen molar-refractivity contribution in [2.45, 2.75) is 38.6 Å². The lowest BCUT2D eigenvalue weighted by Crippen LogP contribution is -2.37. The van der Waals surface area contributed by atoms with Crippen LogP contribution in [0.15, 0.2) is 71.5 Å². The van der Waals surface area contributed by atoms with Crippen molar-refractivity contribution in [3.05, 3.63) is 98.9 Å². The Labute approximate surface area is 226 Å². The molecular formula is C30H30ClN3O4. The van der Waals surface area contributed by atoms with E-state index in [4.69, 9.17) is 16.3 Å². The van der Waals surface area contributed by atoms with Gasteiger partial charge in [-0.2, -0.15) is 0 Å². The lowest BCUT2D eigenvalue weighted by molar-refractivity contribution is -0.131. The number of piperidine rings is 1. The Morgan fingerprint density at radius 1 is 0.974 bits per heavy atom. The first-order chi connectivity index (χ1) is 18.4. The topological polar surface area (TPSA) is 73.5 Å². The van der Waals surface area contributed by atoms with Gasteiger partial charge in [-0.3, -0.25) is 13.9 Å². The SMILES string of the molecule is CCC(=O)N1CCC(c2ccc(-n3c(=O)n(Cc4cccc(C(=O)OC)c4)c4ccc(Cl)cc43)cc2)CC1. The third-order valence-electron chi connectivity index (χ3n) is 7.35. The summed E-state index contributed by atoms with van der Waals surface area (Å²) >= 11 is 6.34. The van der Waals surface area contributed by atoms with E-state index in [-0.39, 0.29) is 11.6 Å². The lowest BCUT2D eigenvalue weighted by atomic mass is 9.89. The number of nitrogens with zero attached hydrogens (tertiary/aromatic N) is 3. The summed E-state index contributed by atoms with van der Waals surface area (Å²) in [6.07, 6.45) is 2.41. The number of rotatable bonds is 6. The van der Waals surface area contributed by atoms with Crippen molar-refractivity contribution < 1.29 is 14.3 Å². The average molecular weight is 532 g/mol. The van der Waals surface area contributed by atoms with E-state index in [1.807, 2.05) is 36.1 Å². The van der Waals surface area contributed by atoms with Crippen molar-refractivity contribution in [2.24, 2.45) is 0 Å². The molecule has 1 aliphatic heterocycles. The number of carbonyl (C=O) groups is 2.